The van der Waals surface area contributed by atoms with Crippen molar-refractivity contribution < 1.29 is 5.11 Å². The number of aliphatic hydroxyl groups is 1. The number of piperidine rings is 1. The van der Waals surface area contributed by atoms with Crippen molar-refractivity contribution in [2.24, 2.45) is 0 Å². The Labute approximate surface area is 97.7 Å². The standard InChI is InChI=1S/C14H21NO/c1-11-4-3-5-12(8-11)13-6-7-15-14(2,9-13)10-16/h3-5,8,13,15-16H,6-7,9-10H2,1-2H3. The van der Waals surface area contributed by atoms with Gasteiger partial charge < -0.3 is 10.4 Å². The molecule has 0 saturated carbocycles. The van der Waals surface area contributed by atoms with Crippen LogP contribution in [-0.2, 0) is 0 Å². The predicted octanol–water partition coefficient (Wildman–Crippen LogP) is 2.21. The van der Waals surface area contributed by atoms with Crippen molar-refractivity contribution in [3.05, 3.63) is 35.4 Å². The zero-order chi connectivity index (χ0) is 11.6. The van der Waals surface area contributed by atoms with Gasteiger partial charge in [-0.2, -0.15) is 0 Å². The molecule has 0 bridgehead atoms. The van der Waals surface area contributed by atoms with Gasteiger partial charge in [0.2, 0.25) is 0 Å². The van der Waals surface area contributed by atoms with Gasteiger partial charge in [-0.1, -0.05) is 29.8 Å². The van der Waals surface area contributed by atoms with Crippen molar-refractivity contribution in [2.45, 2.75) is 38.1 Å². The highest BCUT2D eigenvalue weighted by Crippen LogP contribution is 2.32. The number of aryl methyl sites for hydroxylation is 1. The number of hydrogen-bond donors (Lipinski definition) is 2. The molecule has 0 aliphatic carbocycles. The van der Waals surface area contributed by atoms with Gasteiger partial charge in [-0.3, -0.25) is 0 Å². The van der Waals surface area contributed by atoms with E-state index in [4.69, 9.17) is 0 Å². The lowest BCUT2D eigenvalue weighted by molar-refractivity contribution is 0.137. The molecule has 1 aromatic rings. The molecule has 1 aliphatic heterocycles. The fraction of sp³-hybridized carbons (Fsp3) is 0.571. The van der Waals surface area contributed by atoms with Gasteiger partial charge in [0, 0.05) is 5.54 Å². The highest BCUT2D eigenvalue weighted by molar-refractivity contribution is 5.26. The Kier molecular flexibility index (Phi) is 3.31. The Hall–Kier alpha value is -0.860. The van der Waals surface area contributed by atoms with Gasteiger partial charge in [-0.15, -0.1) is 0 Å². The summed E-state index contributed by atoms with van der Waals surface area (Å²) in [6.07, 6.45) is 2.19. The van der Waals surface area contributed by atoms with E-state index >= 15 is 0 Å². The molecule has 1 heterocycles. The van der Waals surface area contributed by atoms with Crippen molar-refractivity contribution in [1.82, 2.24) is 5.32 Å². The Bertz CT molecular complexity index is 364. The summed E-state index contributed by atoms with van der Waals surface area (Å²) in [6, 6.07) is 8.74. The normalized spacial score (nSPS) is 30.3. The van der Waals surface area contributed by atoms with E-state index in [1.165, 1.54) is 17.5 Å². The first-order valence-corrected chi connectivity index (χ1v) is 6.05. The molecule has 88 valence electrons. The van der Waals surface area contributed by atoms with Crippen LogP contribution in [0.25, 0.3) is 0 Å². The molecule has 1 fully saturated rings. The molecule has 16 heavy (non-hydrogen) atoms. The first-order valence-electron chi connectivity index (χ1n) is 6.05. The zero-order valence-electron chi connectivity index (χ0n) is 10.2. The first kappa shape index (κ1) is 11.6. The number of nitrogens with one attached hydrogen (secondary N) is 1. The number of benzene rings is 1. The minimum Gasteiger partial charge on any atom is -0.394 e. The third-order valence-electron chi connectivity index (χ3n) is 3.60. The molecule has 0 radical (unpaired) electrons. The van der Waals surface area contributed by atoms with E-state index in [1.807, 2.05) is 0 Å². The fourth-order valence-electron chi connectivity index (χ4n) is 2.60. The van der Waals surface area contributed by atoms with Crippen LogP contribution in [0.5, 0.6) is 0 Å². The summed E-state index contributed by atoms with van der Waals surface area (Å²) in [4.78, 5) is 0. The van der Waals surface area contributed by atoms with Crippen molar-refractivity contribution in [1.29, 1.82) is 0 Å². The number of aliphatic hydroxyl groups excluding tert-OH is 1. The van der Waals surface area contributed by atoms with Crippen LogP contribution in [0.3, 0.4) is 0 Å². The summed E-state index contributed by atoms with van der Waals surface area (Å²) < 4.78 is 0. The van der Waals surface area contributed by atoms with Crippen molar-refractivity contribution in [2.75, 3.05) is 13.2 Å². The lowest BCUT2D eigenvalue weighted by Crippen LogP contribution is -2.50. The molecular weight excluding hydrogens is 198 g/mol. The van der Waals surface area contributed by atoms with Gasteiger partial charge in [0.25, 0.3) is 0 Å². The molecule has 2 rings (SSSR count). The van der Waals surface area contributed by atoms with E-state index in [-0.39, 0.29) is 12.1 Å². The summed E-state index contributed by atoms with van der Waals surface area (Å²) in [5, 5.41) is 12.8. The van der Waals surface area contributed by atoms with Crippen LogP contribution in [-0.4, -0.2) is 23.8 Å². The molecule has 2 atom stereocenters. The smallest absolute Gasteiger partial charge is 0.0610 e. The molecule has 1 aliphatic rings. The molecule has 2 unspecified atom stereocenters. The van der Waals surface area contributed by atoms with Crippen LogP contribution in [0.15, 0.2) is 24.3 Å². The maximum atomic E-state index is 9.41. The van der Waals surface area contributed by atoms with Crippen molar-refractivity contribution in [3.8, 4) is 0 Å². The van der Waals surface area contributed by atoms with Crippen LogP contribution in [0, 0.1) is 6.92 Å². The Morgan fingerprint density at radius 1 is 1.50 bits per heavy atom. The molecule has 0 aromatic heterocycles. The summed E-state index contributed by atoms with van der Waals surface area (Å²) in [7, 11) is 0. The maximum absolute atomic E-state index is 9.41. The van der Waals surface area contributed by atoms with E-state index in [1.54, 1.807) is 0 Å². The first-order chi connectivity index (χ1) is 7.63. The molecule has 1 aromatic carbocycles. The Balaban J connectivity index is 2.16. The summed E-state index contributed by atoms with van der Waals surface area (Å²) in [6.45, 7) is 5.45. The van der Waals surface area contributed by atoms with Gasteiger partial charge in [-0.05, 0) is 44.7 Å². The van der Waals surface area contributed by atoms with E-state index < -0.39 is 0 Å². The molecule has 1 saturated heterocycles. The average molecular weight is 219 g/mol. The average Bonchev–Trinajstić information content (AvgIpc) is 2.29. The highest BCUT2D eigenvalue weighted by atomic mass is 16.3. The predicted molar refractivity (Wildman–Crippen MR) is 66.6 cm³/mol. The Morgan fingerprint density at radius 3 is 3.00 bits per heavy atom. The SMILES string of the molecule is Cc1cccc(C2CCNC(C)(CO)C2)c1. The second kappa shape index (κ2) is 4.56. The third kappa shape index (κ3) is 2.45. The second-order valence-corrected chi connectivity index (χ2v) is 5.25. The molecule has 2 N–H and O–H groups in total. The van der Waals surface area contributed by atoms with Gasteiger partial charge in [0.1, 0.15) is 0 Å². The summed E-state index contributed by atoms with van der Waals surface area (Å²) in [5.41, 5.74) is 2.63. The molecule has 2 nitrogen and oxygen atoms in total. The van der Waals surface area contributed by atoms with Crippen LogP contribution in [0.4, 0.5) is 0 Å². The lowest BCUT2D eigenvalue weighted by Gasteiger charge is -2.38. The lowest BCUT2D eigenvalue weighted by atomic mass is 9.80. The minimum atomic E-state index is -0.105. The monoisotopic (exact) mass is 219 g/mol. The van der Waals surface area contributed by atoms with Crippen LogP contribution in [0.2, 0.25) is 0 Å². The Morgan fingerprint density at radius 2 is 2.31 bits per heavy atom. The molecule has 0 spiro atoms. The number of rotatable bonds is 2. The zero-order valence-corrected chi connectivity index (χ0v) is 10.2. The minimum absolute atomic E-state index is 0.105. The van der Waals surface area contributed by atoms with E-state index in [0.717, 1.165) is 13.0 Å². The molecule has 2 heteroatoms. The third-order valence-corrected chi connectivity index (χ3v) is 3.60. The van der Waals surface area contributed by atoms with Crippen molar-refractivity contribution in [3.63, 3.8) is 0 Å². The van der Waals surface area contributed by atoms with Gasteiger partial charge in [0.15, 0.2) is 0 Å². The van der Waals surface area contributed by atoms with Crippen molar-refractivity contribution >= 4 is 0 Å². The van der Waals surface area contributed by atoms with E-state index in [2.05, 4.69) is 43.4 Å². The highest BCUT2D eigenvalue weighted by Gasteiger charge is 2.31. The van der Waals surface area contributed by atoms with Gasteiger partial charge >= 0.3 is 0 Å². The number of hydrogen-bond acceptors (Lipinski definition) is 2. The second-order valence-electron chi connectivity index (χ2n) is 5.25. The molecule has 0 amide bonds. The van der Waals surface area contributed by atoms with Gasteiger partial charge in [-0.25, -0.2) is 0 Å². The maximum Gasteiger partial charge on any atom is 0.0610 e. The summed E-state index contributed by atoms with van der Waals surface area (Å²) >= 11 is 0. The van der Waals surface area contributed by atoms with Crippen LogP contribution in [0.1, 0.15) is 36.8 Å². The fourth-order valence-corrected chi connectivity index (χ4v) is 2.60. The topological polar surface area (TPSA) is 32.3 Å². The quantitative estimate of drug-likeness (QED) is 0.799. The largest absolute Gasteiger partial charge is 0.394 e. The van der Waals surface area contributed by atoms with Crippen LogP contribution >= 0.6 is 0 Å². The van der Waals surface area contributed by atoms with E-state index in [9.17, 15) is 5.11 Å². The molecular formula is C14H21NO. The van der Waals surface area contributed by atoms with Gasteiger partial charge in [0.05, 0.1) is 6.61 Å². The summed E-state index contributed by atoms with van der Waals surface area (Å²) in [5.74, 6) is 0.582. The van der Waals surface area contributed by atoms with Crippen LogP contribution < -0.4 is 5.32 Å². The van der Waals surface area contributed by atoms with E-state index in [0.29, 0.717) is 5.92 Å².